The van der Waals surface area contributed by atoms with Gasteiger partial charge in [-0.25, -0.2) is 0 Å². The molecule has 72 valence electrons. The van der Waals surface area contributed by atoms with Gasteiger partial charge in [0.25, 0.3) is 0 Å². The average Bonchev–Trinajstić information content (AvgIpc) is 2.16. The average molecular weight is 206 g/mol. The Morgan fingerprint density at radius 2 is 1.71 bits per heavy atom. The molecule has 0 aliphatic heterocycles. The highest BCUT2D eigenvalue weighted by Crippen LogP contribution is 2.22. The van der Waals surface area contributed by atoms with Crippen molar-refractivity contribution in [2.75, 3.05) is 0 Å². The maximum atomic E-state index is 5.90. The van der Waals surface area contributed by atoms with Crippen molar-refractivity contribution in [3.8, 4) is 0 Å². The molecule has 0 unspecified atom stereocenters. The highest BCUT2D eigenvalue weighted by Gasteiger charge is 2.00. The molecule has 0 radical (unpaired) electrons. The molecule has 2 N–H and O–H groups in total. The Kier molecular flexibility index (Phi) is 2.44. The van der Waals surface area contributed by atoms with Gasteiger partial charge >= 0.3 is 0 Å². The number of nitrogens with two attached hydrogens (primary N) is 1. The summed E-state index contributed by atoms with van der Waals surface area (Å²) in [6, 6.07) is 12.2. The molecule has 0 spiro atoms. The van der Waals surface area contributed by atoms with Crippen LogP contribution < -0.4 is 5.73 Å². The van der Waals surface area contributed by atoms with E-state index in [0.29, 0.717) is 0 Å². The minimum atomic E-state index is 0.0788. The van der Waals surface area contributed by atoms with Crippen molar-refractivity contribution >= 4 is 22.4 Å². The topological polar surface area (TPSA) is 26.0 Å². The lowest BCUT2D eigenvalue weighted by atomic mass is 10.0. The molecule has 0 heterocycles. The minimum absolute atomic E-state index is 0.0788. The summed E-state index contributed by atoms with van der Waals surface area (Å²) in [6.45, 7) is 1.98. The van der Waals surface area contributed by atoms with Gasteiger partial charge < -0.3 is 5.73 Å². The number of hydrogen-bond acceptors (Lipinski definition) is 1. The molecule has 0 fully saturated rings. The molecule has 2 rings (SSSR count). The van der Waals surface area contributed by atoms with Gasteiger partial charge in [0.1, 0.15) is 0 Å². The third-order valence-corrected chi connectivity index (χ3v) is 2.59. The summed E-state index contributed by atoms with van der Waals surface area (Å²) >= 11 is 5.90. The quantitative estimate of drug-likeness (QED) is 0.758. The maximum absolute atomic E-state index is 5.90. The largest absolute Gasteiger partial charge is 0.324 e. The Bertz CT molecular complexity index is 463. The SMILES string of the molecule is C[C@@H](N)c1ccc2cc(Cl)ccc2c1. The van der Waals surface area contributed by atoms with Gasteiger partial charge in [0.05, 0.1) is 0 Å². The van der Waals surface area contributed by atoms with Crippen LogP contribution in [0.4, 0.5) is 0 Å². The van der Waals surface area contributed by atoms with E-state index in [-0.39, 0.29) is 6.04 Å². The molecule has 0 amide bonds. The van der Waals surface area contributed by atoms with Gasteiger partial charge in [-0.3, -0.25) is 0 Å². The van der Waals surface area contributed by atoms with Crippen molar-refractivity contribution in [2.45, 2.75) is 13.0 Å². The first-order chi connectivity index (χ1) is 6.66. The van der Waals surface area contributed by atoms with Crippen molar-refractivity contribution in [3.63, 3.8) is 0 Å². The molecular formula is C12H12ClN. The third kappa shape index (κ3) is 1.74. The van der Waals surface area contributed by atoms with Crippen LogP contribution >= 0.6 is 11.6 Å². The third-order valence-electron chi connectivity index (χ3n) is 2.35. The number of fused-ring (bicyclic) bond motifs is 1. The van der Waals surface area contributed by atoms with Gasteiger partial charge in [-0.1, -0.05) is 29.8 Å². The minimum Gasteiger partial charge on any atom is -0.324 e. The Balaban J connectivity index is 2.62. The molecule has 0 saturated heterocycles. The molecule has 0 aliphatic carbocycles. The van der Waals surface area contributed by atoms with E-state index in [2.05, 4.69) is 12.1 Å². The van der Waals surface area contributed by atoms with Crippen LogP contribution in [0, 0.1) is 0 Å². The first kappa shape index (κ1) is 9.50. The van der Waals surface area contributed by atoms with Gasteiger partial charge in [-0.05, 0) is 41.5 Å². The second-order valence-electron chi connectivity index (χ2n) is 3.54. The Labute approximate surface area is 88.5 Å². The highest BCUT2D eigenvalue weighted by molar-refractivity contribution is 6.31. The fraction of sp³-hybridized carbons (Fsp3) is 0.167. The lowest BCUT2D eigenvalue weighted by Crippen LogP contribution is -2.04. The second-order valence-corrected chi connectivity index (χ2v) is 3.98. The summed E-state index contributed by atoms with van der Waals surface area (Å²) in [5.74, 6) is 0. The number of rotatable bonds is 1. The Hall–Kier alpha value is -1.05. The molecule has 0 aliphatic rings. The van der Waals surface area contributed by atoms with Crippen LogP contribution in [0.3, 0.4) is 0 Å². The molecule has 0 aromatic heterocycles. The first-order valence-electron chi connectivity index (χ1n) is 4.61. The van der Waals surface area contributed by atoms with Crippen molar-refractivity contribution in [1.29, 1.82) is 0 Å². The van der Waals surface area contributed by atoms with Gasteiger partial charge in [0, 0.05) is 11.1 Å². The van der Waals surface area contributed by atoms with Gasteiger partial charge in [-0.15, -0.1) is 0 Å². The fourth-order valence-corrected chi connectivity index (χ4v) is 1.70. The summed E-state index contributed by atoms with van der Waals surface area (Å²) in [5.41, 5.74) is 6.96. The van der Waals surface area contributed by atoms with E-state index in [1.807, 2.05) is 31.2 Å². The molecule has 1 nitrogen and oxygen atoms in total. The summed E-state index contributed by atoms with van der Waals surface area (Å²) in [4.78, 5) is 0. The molecule has 2 aromatic rings. The summed E-state index contributed by atoms with van der Waals surface area (Å²) in [5, 5.41) is 3.11. The fourth-order valence-electron chi connectivity index (χ4n) is 1.52. The Morgan fingerprint density at radius 3 is 2.43 bits per heavy atom. The van der Waals surface area contributed by atoms with Crippen molar-refractivity contribution in [1.82, 2.24) is 0 Å². The zero-order chi connectivity index (χ0) is 10.1. The van der Waals surface area contributed by atoms with Gasteiger partial charge in [-0.2, -0.15) is 0 Å². The molecule has 0 bridgehead atoms. The van der Waals surface area contributed by atoms with Crippen molar-refractivity contribution < 1.29 is 0 Å². The standard InChI is InChI=1S/C12H12ClN/c1-8(14)9-2-3-11-7-12(13)5-4-10(11)6-9/h2-8H,14H2,1H3/t8-/m1/s1. The van der Waals surface area contributed by atoms with Gasteiger partial charge in [0.2, 0.25) is 0 Å². The zero-order valence-electron chi connectivity index (χ0n) is 8.00. The van der Waals surface area contributed by atoms with E-state index in [4.69, 9.17) is 17.3 Å². The van der Waals surface area contributed by atoms with E-state index in [0.717, 1.165) is 16.0 Å². The number of benzene rings is 2. The maximum Gasteiger partial charge on any atom is 0.0412 e. The van der Waals surface area contributed by atoms with Crippen LogP contribution in [-0.4, -0.2) is 0 Å². The van der Waals surface area contributed by atoms with Crippen molar-refractivity contribution in [3.05, 3.63) is 47.0 Å². The Morgan fingerprint density at radius 1 is 1.07 bits per heavy atom. The van der Waals surface area contributed by atoms with Crippen LogP contribution in [0.25, 0.3) is 10.8 Å². The smallest absolute Gasteiger partial charge is 0.0412 e. The predicted molar refractivity (Wildman–Crippen MR) is 61.6 cm³/mol. The lowest BCUT2D eigenvalue weighted by Gasteiger charge is -2.06. The molecule has 1 atom stereocenters. The first-order valence-corrected chi connectivity index (χ1v) is 4.99. The van der Waals surface area contributed by atoms with E-state index in [1.54, 1.807) is 0 Å². The molecule has 0 saturated carbocycles. The van der Waals surface area contributed by atoms with Crippen LogP contribution in [-0.2, 0) is 0 Å². The lowest BCUT2D eigenvalue weighted by molar-refractivity contribution is 0.820. The van der Waals surface area contributed by atoms with Gasteiger partial charge in [0.15, 0.2) is 0 Å². The monoisotopic (exact) mass is 205 g/mol. The normalized spacial score (nSPS) is 13.1. The summed E-state index contributed by atoms with van der Waals surface area (Å²) in [7, 11) is 0. The van der Waals surface area contributed by atoms with Crippen LogP contribution in [0.1, 0.15) is 18.5 Å². The summed E-state index contributed by atoms with van der Waals surface area (Å²) in [6.07, 6.45) is 0. The second kappa shape index (κ2) is 3.60. The van der Waals surface area contributed by atoms with Crippen LogP contribution in [0.15, 0.2) is 36.4 Å². The molecule has 2 heteroatoms. The number of halogens is 1. The predicted octanol–water partition coefficient (Wildman–Crippen LogP) is 3.51. The van der Waals surface area contributed by atoms with E-state index in [1.165, 1.54) is 5.39 Å². The molecule has 2 aromatic carbocycles. The van der Waals surface area contributed by atoms with Crippen molar-refractivity contribution in [2.24, 2.45) is 5.73 Å². The number of hydrogen-bond donors (Lipinski definition) is 1. The van der Waals surface area contributed by atoms with E-state index in [9.17, 15) is 0 Å². The van der Waals surface area contributed by atoms with Crippen LogP contribution in [0.5, 0.6) is 0 Å². The van der Waals surface area contributed by atoms with E-state index < -0.39 is 0 Å². The molecular weight excluding hydrogens is 194 g/mol. The highest BCUT2D eigenvalue weighted by atomic mass is 35.5. The zero-order valence-corrected chi connectivity index (χ0v) is 8.75. The van der Waals surface area contributed by atoms with Crippen LogP contribution in [0.2, 0.25) is 5.02 Å². The van der Waals surface area contributed by atoms with E-state index >= 15 is 0 Å². The summed E-state index contributed by atoms with van der Waals surface area (Å²) < 4.78 is 0. The molecule has 14 heavy (non-hydrogen) atoms.